The molecule has 0 unspecified atom stereocenters. The molecule has 26 heavy (non-hydrogen) atoms. The smallest absolute Gasteiger partial charge is 0.254 e. The van der Waals surface area contributed by atoms with Gasteiger partial charge in [-0.05, 0) is 11.6 Å². The minimum absolute atomic E-state index is 0.195. The predicted molar refractivity (Wildman–Crippen MR) is 102 cm³/mol. The summed E-state index contributed by atoms with van der Waals surface area (Å²) in [5, 5.41) is 2.83. The van der Waals surface area contributed by atoms with Crippen LogP contribution in [-0.2, 0) is 5.75 Å². The van der Waals surface area contributed by atoms with E-state index >= 15 is 0 Å². The number of hydrogen-bond acceptors (Lipinski definition) is 4. The van der Waals surface area contributed by atoms with Crippen LogP contribution in [0.1, 0.15) is 15.9 Å². The molecule has 0 radical (unpaired) electrons. The molecule has 3 aromatic rings. The molecule has 6 heteroatoms. The molecule has 132 valence electrons. The van der Waals surface area contributed by atoms with Crippen LogP contribution in [0.4, 0.5) is 4.39 Å². The van der Waals surface area contributed by atoms with Crippen molar-refractivity contribution in [3.63, 3.8) is 0 Å². The fourth-order valence-electron chi connectivity index (χ4n) is 2.32. The molecule has 3 rings (SSSR count). The van der Waals surface area contributed by atoms with E-state index in [1.54, 1.807) is 23.9 Å². The van der Waals surface area contributed by atoms with E-state index < -0.39 is 0 Å². The molecule has 1 amide bonds. The van der Waals surface area contributed by atoms with Crippen LogP contribution >= 0.6 is 11.8 Å². The molecule has 0 bridgehead atoms. The van der Waals surface area contributed by atoms with Crippen LogP contribution in [0.15, 0.2) is 67.0 Å². The maximum absolute atomic E-state index is 13.5. The fourth-order valence-corrected chi connectivity index (χ4v) is 3.16. The number of benzene rings is 2. The summed E-state index contributed by atoms with van der Waals surface area (Å²) in [7, 11) is 0. The van der Waals surface area contributed by atoms with E-state index in [1.165, 1.54) is 18.5 Å². The Morgan fingerprint density at radius 3 is 2.42 bits per heavy atom. The SMILES string of the molecule is O=C(NCCSCc1ccccc1F)c1cnc(-c2ccccc2)nc1. The molecule has 2 aromatic carbocycles. The Morgan fingerprint density at radius 2 is 1.69 bits per heavy atom. The lowest BCUT2D eigenvalue weighted by Crippen LogP contribution is -2.26. The summed E-state index contributed by atoms with van der Waals surface area (Å²) in [6, 6.07) is 16.3. The molecular formula is C20H18FN3OS. The molecule has 0 fully saturated rings. The Labute approximate surface area is 155 Å². The topological polar surface area (TPSA) is 54.9 Å². The first kappa shape index (κ1) is 18.1. The summed E-state index contributed by atoms with van der Waals surface area (Å²) in [5.41, 5.74) is 2.00. The van der Waals surface area contributed by atoms with Crippen LogP contribution in [-0.4, -0.2) is 28.2 Å². The Kier molecular flexibility index (Phi) is 6.33. The number of rotatable bonds is 7. The first-order valence-electron chi connectivity index (χ1n) is 8.21. The van der Waals surface area contributed by atoms with Gasteiger partial charge in [0.25, 0.3) is 5.91 Å². The highest BCUT2D eigenvalue weighted by Crippen LogP contribution is 2.15. The molecule has 1 aromatic heterocycles. The third-order valence-corrected chi connectivity index (χ3v) is 4.70. The van der Waals surface area contributed by atoms with E-state index in [1.807, 2.05) is 36.4 Å². The largest absolute Gasteiger partial charge is 0.351 e. The minimum atomic E-state index is -0.212. The zero-order valence-corrected chi connectivity index (χ0v) is 14.9. The lowest BCUT2D eigenvalue weighted by Gasteiger charge is -2.06. The van der Waals surface area contributed by atoms with Gasteiger partial charge < -0.3 is 5.32 Å². The maximum Gasteiger partial charge on any atom is 0.254 e. The number of amides is 1. The van der Waals surface area contributed by atoms with Gasteiger partial charge in [0, 0.05) is 36.0 Å². The van der Waals surface area contributed by atoms with Gasteiger partial charge in [0.1, 0.15) is 5.82 Å². The highest BCUT2D eigenvalue weighted by Gasteiger charge is 2.08. The summed E-state index contributed by atoms with van der Waals surface area (Å²) in [5.74, 6) is 1.46. The zero-order valence-electron chi connectivity index (χ0n) is 14.1. The summed E-state index contributed by atoms with van der Waals surface area (Å²) < 4.78 is 13.5. The average molecular weight is 367 g/mol. The van der Waals surface area contributed by atoms with Gasteiger partial charge in [-0.25, -0.2) is 14.4 Å². The van der Waals surface area contributed by atoms with Crippen LogP contribution < -0.4 is 5.32 Å². The van der Waals surface area contributed by atoms with Crippen molar-refractivity contribution in [1.82, 2.24) is 15.3 Å². The molecule has 0 aliphatic carbocycles. The minimum Gasteiger partial charge on any atom is -0.351 e. The fraction of sp³-hybridized carbons (Fsp3) is 0.150. The number of carbonyl (C=O) groups is 1. The zero-order chi connectivity index (χ0) is 18.2. The van der Waals surface area contributed by atoms with Crippen LogP contribution in [0.25, 0.3) is 11.4 Å². The maximum atomic E-state index is 13.5. The van der Waals surface area contributed by atoms with Gasteiger partial charge in [0.05, 0.1) is 5.56 Å². The van der Waals surface area contributed by atoms with E-state index in [0.29, 0.717) is 35.0 Å². The molecule has 0 aliphatic rings. The van der Waals surface area contributed by atoms with Gasteiger partial charge in [-0.3, -0.25) is 4.79 Å². The quantitative estimate of drug-likeness (QED) is 0.643. The van der Waals surface area contributed by atoms with E-state index in [2.05, 4.69) is 15.3 Å². The van der Waals surface area contributed by atoms with Gasteiger partial charge in [-0.2, -0.15) is 11.8 Å². The van der Waals surface area contributed by atoms with Crippen LogP contribution in [0, 0.1) is 5.82 Å². The lowest BCUT2D eigenvalue weighted by molar-refractivity contribution is 0.0955. The predicted octanol–water partition coefficient (Wildman–Crippen LogP) is 3.95. The molecule has 4 nitrogen and oxygen atoms in total. The van der Waals surface area contributed by atoms with Crippen LogP contribution in [0.3, 0.4) is 0 Å². The Hall–Kier alpha value is -2.73. The number of thioether (sulfide) groups is 1. The Balaban J connectivity index is 1.44. The number of aromatic nitrogens is 2. The number of nitrogens with zero attached hydrogens (tertiary/aromatic N) is 2. The first-order valence-corrected chi connectivity index (χ1v) is 9.36. The second kappa shape index (κ2) is 9.10. The summed E-state index contributed by atoms with van der Waals surface area (Å²) >= 11 is 1.57. The van der Waals surface area contributed by atoms with Crippen molar-refractivity contribution >= 4 is 17.7 Å². The molecule has 1 N–H and O–H groups in total. The van der Waals surface area contributed by atoms with E-state index in [4.69, 9.17) is 0 Å². The number of halogens is 1. The van der Waals surface area contributed by atoms with Crippen LogP contribution in [0.5, 0.6) is 0 Å². The van der Waals surface area contributed by atoms with Crippen LogP contribution in [0.2, 0.25) is 0 Å². The van der Waals surface area contributed by atoms with Gasteiger partial charge in [-0.1, -0.05) is 48.5 Å². The first-order chi connectivity index (χ1) is 12.7. The van der Waals surface area contributed by atoms with E-state index in [9.17, 15) is 9.18 Å². The number of hydrogen-bond donors (Lipinski definition) is 1. The normalized spacial score (nSPS) is 10.5. The Morgan fingerprint density at radius 1 is 1.00 bits per heavy atom. The second-order valence-electron chi connectivity index (χ2n) is 5.56. The van der Waals surface area contributed by atoms with Crippen molar-refractivity contribution in [3.8, 4) is 11.4 Å². The van der Waals surface area contributed by atoms with Gasteiger partial charge in [-0.15, -0.1) is 0 Å². The molecule has 0 spiro atoms. The highest BCUT2D eigenvalue weighted by atomic mass is 32.2. The highest BCUT2D eigenvalue weighted by molar-refractivity contribution is 7.98. The van der Waals surface area contributed by atoms with Crippen molar-refractivity contribution in [2.75, 3.05) is 12.3 Å². The molecule has 1 heterocycles. The van der Waals surface area contributed by atoms with E-state index in [0.717, 1.165) is 5.56 Å². The number of nitrogens with one attached hydrogen (secondary N) is 1. The van der Waals surface area contributed by atoms with Gasteiger partial charge in [0.2, 0.25) is 0 Å². The third-order valence-electron chi connectivity index (χ3n) is 3.69. The summed E-state index contributed by atoms with van der Waals surface area (Å²) in [4.78, 5) is 20.6. The Bertz CT molecular complexity index is 856. The second-order valence-corrected chi connectivity index (χ2v) is 6.67. The van der Waals surface area contributed by atoms with Crippen molar-refractivity contribution in [3.05, 3.63) is 83.9 Å². The molecule has 0 aliphatic heterocycles. The summed E-state index contributed by atoms with van der Waals surface area (Å²) in [6.45, 7) is 0.498. The third kappa shape index (κ3) is 4.89. The summed E-state index contributed by atoms with van der Waals surface area (Å²) in [6.07, 6.45) is 3.05. The lowest BCUT2D eigenvalue weighted by atomic mass is 10.2. The van der Waals surface area contributed by atoms with Crippen molar-refractivity contribution in [1.29, 1.82) is 0 Å². The molecule has 0 atom stereocenters. The van der Waals surface area contributed by atoms with Crippen molar-refractivity contribution in [2.24, 2.45) is 0 Å². The molecular weight excluding hydrogens is 349 g/mol. The van der Waals surface area contributed by atoms with Gasteiger partial charge >= 0.3 is 0 Å². The van der Waals surface area contributed by atoms with Gasteiger partial charge in [0.15, 0.2) is 5.82 Å². The molecule has 0 saturated carbocycles. The molecule has 0 saturated heterocycles. The monoisotopic (exact) mass is 367 g/mol. The standard InChI is InChI=1S/C20H18FN3OS/c21-18-9-5-4-8-16(18)14-26-11-10-22-20(25)17-12-23-19(24-13-17)15-6-2-1-3-7-15/h1-9,12-13H,10-11,14H2,(H,22,25). The van der Waals surface area contributed by atoms with Crippen molar-refractivity contribution in [2.45, 2.75) is 5.75 Å². The van der Waals surface area contributed by atoms with Crippen molar-refractivity contribution < 1.29 is 9.18 Å². The van der Waals surface area contributed by atoms with E-state index in [-0.39, 0.29) is 11.7 Å². The average Bonchev–Trinajstić information content (AvgIpc) is 2.70. The number of carbonyl (C=O) groups excluding carboxylic acids is 1.